The van der Waals surface area contributed by atoms with E-state index in [9.17, 15) is 5.11 Å². The molecule has 2 heteroatoms. The molecule has 2 rings (SSSR count). The van der Waals surface area contributed by atoms with Crippen LogP contribution in [0.3, 0.4) is 0 Å². The summed E-state index contributed by atoms with van der Waals surface area (Å²) in [6, 6.07) is 0. The lowest BCUT2D eigenvalue weighted by molar-refractivity contribution is 0.0830. The van der Waals surface area contributed by atoms with Gasteiger partial charge in [-0.3, -0.25) is 5.11 Å². The van der Waals surface area contributed by atoms with E-state index in [2.05, 4.69) is 0 Å². The Hall–Kier alpha value is -1.18. The van der Waals surface area contributed by atoms with E-state index in [0.717, 1.165) is 18.4 Å². The first kappa shape index (κ1) is 7.99. The first-order valence-electron chi connectivity index (χ1n) is 7.07. The largest absolute Gasteiger partial charge is 0.487 e. The molecule has 1 aliphatic heterocycles. The molecule has 1 aromatic rings. The van der Waals surface area contributed by atoms with Crippen molar-refractivity contribution in [3.63, 3.8) is 0 Å². The van der Waals surface area contributed by atoms with E-state index in [1.807, 2.05) is 13.8 Å². The van der Waals surface area contributed by atoms with Gasteiger partial charge in [-0.15, -0.1) is 0 Å². The van der Waals surface area contributed by atoms with Gasteiger partial charge in [0.2, 0.25) is 0 Å². The molecular weight excluding hydrogens is 200 g/mol. The Bertz CT molecular complexity index is 531. The van der Waals surface area contributed by atoms with E-state index in [1.54, 1.807) is 13.8 Å². The van der Waals surface area contributed by atoms with Gasteiger partial charge in [0.25, 0.3) is 0 Å². The fraction of sp³-hybridized carbons (Fsp3) is 0.571. The maximum absolute atomic E-state index is 12.3. The number of ether oxygens (including phenoxy) is 1. The zero-order valence-corrected chi connectivity index (χ0v) is 10.2. The molecule has 0 fully saturated rings. The normalized spacial score (nSPS) is 21.4. The predicted molar refractivity (Wildman–Crippen MR) is 63.8 cm³/mol. The van der Waals surface area contributed by atoms with Crippen LogP contribution in [0.2, 0.25) is 0 Å². The molecule has 1 heterocycles. The highest BCUT2D eigenvalue weighted by molar-refractivity contribution is 5.58. The second kappa shape index (κ2) is 3.41. The molecule has 0 atom stereocenters. The van der Waals surface area contributed by atoms with Gasteiger partial charge in [0.1, 0.15) is 11.4 Å². The molecular formula is C14H19O2. The summed E-state index contributed by atoms with van der Waals surface area (Å²) in [4.78, 5) is 0. The monoisotopic (exact) mass is 222 g/mol. The van der Waals surface area contributed by atoms with Crippen LogP contribution in [-0.4, -0.2) is 5.60 Å². The third kappa shape index (κ3) is 1.57. The van der Waals surface area contributed by atoms with Gasteiger partial charge < -0.3 is 4.74 Å². The van der Waals surface area contributed by atoms with Crippen LogP contribution in [-0.2, 0) is 11.5 Å². The van der Waals surface area contributed by atoms with Crippen LogP contribution in [0.1, 0.15) is 46.6 Å². The number of fused-ring (bicyclic) bond motifs is 1. The second-order valence-electron chi connectivity index (χ2n) is 5.12. The Labute approximate surface area is 101 Å². The summed E-state index contributed by atoms with van der Waals surface area (Å²) in [6.45, 7) is 4.92. The topological polar surface area (TPSA) is 29.1 Å². The van der Waals surface area contributed by atoms with E-state index < -0.39 is 6.85 Å². The summed E-state index contributed by atoms with van der Waals surface area (Å²) >= 11 is 0. The molecule has 0 saturated carbocycles. The standard InChI is InChI=1S/C14H19O2/c1-8-9(2)13-11(10(3)12(8)15)6-7-14(4,5)16-13/h6-7H2,1-5H3/i1D3. The van der Waals surface area contributed by atoms with Crippen LogP contribution in [0.25, 0.3) is 0 Å². The van der Waals surface area contributed by atoms with Crippen molar-refractivity contribution in [3.05, 3.63) is 22.3 Å². The van der Waals surface area contributed by atoms with Gasteiger partial charge in [-0.25, -0.2) is 0 Å². The fourth-order valence-electron chi connectivity index (χ4n) is 2.20. The van der Waals surface area contributed by atoms with Crippen LogP contribution in [0.4, 0.5) is 0 Å². The minimum absolute atomic E-state index is 0.0959. The van der Waals surface area contributed by atoms with Crippen LogP contribution < -0.4 is 4.74 Å². The van der Waals surface area contributed by atoms with Crippen molar-refractivity contribution < 1.29 is 14.0 Å². The van der Waals surface area contributed by atoms with E-state index in [-0.39, 0.29) is 16.9 Å². The molecule has 0 aromatic heterocycles. The third-order valence-corrected chi connectivity index (χ3v) is 3.37. The van der Waals surface area contributed by atoms with Gasteiger partial charge in [-0.2, -0.15) is 0 Å². The Kier molecular flexibility index (Phi) is 1.70. The van der Waals surface area contributed by atoms with Crippen molar-refractivity contribution in [1.29, 1.82) is 0 Å². The Balaban J connectivity index is 2.73. The minimum Gasteiger partial charge on any atom is -0.487 e. The van der Waals surface area contributed by atoms with Gasteiger partial charge in [0.05, 0.1) is 0 Å². The molecule has 0 bridgehead atoms. The van der Waals surface area contributed by atoms with Crippen molar-refractivity contribution in [2.45, 2.75) is 53.0 Å². The summed E-state index contributed by atoms with van der Waals surface area (Å²) in [7, 11) is 0. The molecule has 1 aromatic carbocycles. The van der Waals surface area contributed by atoms with Crippen molar-refractivity contribution in [3.8, 4) is 11.5 Å². The average Bonchev–Trinajstić information content (AvgIpc) is 2.23. The fourth-order valence-corrected chi connectivity index (χ4v) is 2.20. The maximum Gasteiger partial charge on any atom is 0.185 e. The number of rotatable bonds is 0. The SMILES string of the molecule is [2H]C([2H])([2H])c1c(C)c2c(c(C)c1[O])CCC(C)(C)O2. The van der Waals surface area contributed by atoms with Crippen LogP contribution >= 0.6 is 0 Å². The summed E-state index contributed by atoms with van der Waals surface area (Å²) in [5.74, 6) is 0.235. The van der Waals surface area contributed by atoms with Crippen molar-refractivity contribution >= 4 is 0 Å². The Morgan fingerprint density at radius 2 is 1.94 bits per heavy atom. The number of benzene rings is 1. The molecule has 16 heavy (non-hydrogen) atoms. The highest BCUT2D eigenvalue weighted by Crippen LogP contribution is 2.43. The maximum atomic E-state index is 12.3. The summed E-state index contributed by atoms with van der Waals surface area (Å²) in [6.07, 6.45) is 1.58. The molecule has 0 N–H and O–H groups in total. The smallest absolute Gasteiger partial charge is 0.185 e. The Morgan fingerprint density at radius 3 is 2.56 bits per heavy atom. The zero-order valence-electron chi connectivity index (χ0n) is 13.2. The van der Waals surface area contributed by atoms with Gasteiger partial charge in [-0.05, 0) is 53.0 Å². The predicted octanol–water partition coefficient (Wildman–Crippen LogP) is 3.86. The second-order valence-corrected chi connectivity index (χ2v) is 5.12. The Morgan fingerprint density at radius 1 is 1.25 bits per heavy atom. The molecule has 1 radical (unpaired) electrons. The van der Waals surface area contributed by atoms with Gasteiger partial charge >= 0.3 is 0 Å². The van der Waals surface area contributed by atoms with Crippen molar-refractivity contribution in [2.24, 2.45) is 0 Å². The summed E-state index contributed by atoms with van der Waals surface area (Å²) in [5, 5.41) is 12.3. The quantitative estimate of drug-likeness (QED) is 0.655. The molecule has 0 saturated heterocycles. The summed E-state index contributed by atoms with van der Waals surface area (Å²) < 4.78 is 28.6. The lowest BCUT2D eigenvalue weighted by Crippen LogP contribution is -2.33. The van der Waals surface area contributed by atoms with Crippen LogP contribution in [0, 0.1) is 20.7 Å². The van der Waals surface area contributed by atoms with E-state index in [4.69, 9.17) is 8.85 Å². The highest BCUT2D eigenvalue weighted by Gasteiger charge is 2.30. The van der Waals surface area contributed by atoms with Gasteiger partial charge in [0, 0.05) is 20.8 Å². The molecule has 0 aliphatic carbocycles. The van der Waals surface area contributed by atoms with E-state index in [0.29, 0.717) is 16.9 Å². The van der Waals surface area contributed by atoms with Gasteiger partial charge in [-0.1, -0.05) is 0 Å². The zero-order chi connectivity index (χ0) is 14.6. The molecule has 0 spiro atoms. The van der Waals surface area contributed by atoms with Crippen LogP contribution in [0.5, 0.6) is 11.5 Å². The van der Waals surface area contributed by atoms with Crippen molar-refractivity contribution in [2.75, 3.05) is 0 Å². The van der Waals surface area contributed by atoms with Crippen molar-refractivity contribution in [1.82, 2.24) is 0 Å². The first-order valence-corrected chi connectivity index (χ1v) is 5.57. The molecule has 1 aliphatic rings. The lowest BCUT2D eigenvalue weighted by Gasteiger charge is -2.35. The van der Waals surface area contributed by atoms with E-state index >= 15 is 0 Å². The minimum atomic E-state index is -2.40. The first-order chi connectivity index (χ1) is 8.54. The summed E-state index contributed by atoms with van der Waals surface area (Å²) in [5.41, 5.74) is 1.44. The molecule has 0 amide bonds. The van der Waals surface area contributed by atoms with E-state index in [1.165, 1.54) is 0 Å². The number of hydrogen-bond donors (Lipinski definition) is 0. The van der Waals surface area contributed by atoms with Crippen LogP contribution in [0.15, 0.2) is 0 Å². The molecule has 2 nitrogen and oxygen atoms in total. The highest BCUT2D eigenvalue weighted by atomic mass is 16.5. The third-order valence-electron chi connectivity index (χ3n) is 3.37. The molecule has 0 unspecified atom stereocenters. The average molecular weight is 222 g/mol. The number of hydrogen-bond acceptors (Lipinski definition) is 1. The lowest BCUT2D eigenvalue weighted by atomic mass is 9.88. The van der Waals surface area contributed by atoms with Gasteiger partial charge in [0.15, 0.2) is 5.75 Å². The molecule has 87 valence electrons.